The third-order valence-corrected chi connectivity index (χ3v) is 4.09. The zero-order chi connectivity index (χ0) is 15.7. The first kappa shape index (κ1) is 14.7. The molecule has 1 aromatic carbocycles. The second kappa shape index (κ2) is 5.53. The summed E-state index contributed by atoms with van der Waals surface area (Å²) in [4.78, 5) is 7.95. The molecule has 22 heavy (non-hydrogen) atoms. The first-order chi connectivity index (χ1) is 10.5. The molecule has 112 valence electrons. The molecule has 0 unspecified atom stereocenters. The van der Waals surface area contributed by atoms with Crippen LogP contribution in [0.3, 0.4) is 0 Å². The maximum absolute atomic E-state index is 12.8. The number of halogens is 3. The van der Waals surface area contributed by atoms with Crippen molar-refractivity contribution in [3.8, 4) is 21.7 Å². The van der Waals surface area contributed by atoms with E-state index in [1.165, 1.54) is 0 Å². The number of hydrogen-bond acceptors (Lipinski definition) is 3. The van der Waals surface area contributed by atoms with Crippen LogP contribution in [-0.4, -0.2) is 9.97 Å². The summed E-state index contributed by atoms with van der Waals surface area (Å²) in [5.41, 5.74) is 2.19. The topological polar surface area (TPSA) is 25.8 Å². The molecule has 0 aliphatic rings. The Morgan fingerprint density at radius 3 is 2.41 bits per heavy atom. The minimum absolute atomic E-state index is 0.330. The SMILES string of the molecule is Cc1nccc(-c2ccccc2)c1-c1nc(C(F)(F)F)cs1. The van der Waals surface area contributed by atoms with Crippen LogP contribution in [0.4, 0.5) is 13.2 Å². The molecule has 2 aromatic heterocycles. The minimum Gasteiger partial charge on any atom is -0.261 e. The highest BCUT2D eigenvalue weighted by Gasteiger charge is 2.34. The Kier molecular flexibility index (Phi) is 3.70. The Bertz CT molecular complexity index is 795. The van der Waals surface area contributed by atoms with E-state index in [1.807, 2.05) is 30.3 Å². The van der Waals surface area contributed by atoms with Crippen LogP contribution in [0.25, 0.3) is 21.7 Å². The van der Waals surface area contributed by atoms with E-state index < -0.39 is 11.9 Å². The quantitative estimate of drug-likeness (QED) is 0.648. The molecular weight excluding hydrogens is 309 g/mol. The van der Waals surface area contributed by atoms with E-state index in [0.717, 1.165) is 27.8 Å². The molecule has 3 rings (SSSR count). The maximum Gasteiger partial charge on any atom is 0.434 e. The molecule has 0 N–H and O–H groups in total. The molecule has 0 saturated carbocycles. The van der Waals surface area contributed by atoms with Gasteiger partial charge in [0, 0.05) is 22.8 Å². The molecule has 0 fully saturated rings. The lowest BCUT2D eigenvalue weighted by Gasteiger charge is -2.10. The maximum atomic E-state index is 12.8. The lowest BCUT2D eigenvalue weighted by molar-refractivity contribution is -0.140. The van der Waals surface area contributed by atoms with Crippen molar-refractivity contribution in [3.63, 3.8) is 0 Å². The summed E-state index contributed by atoms with van der Waals surface area (Å²) in [7, 11) is 0. The number of hydrogen-bond donors (Lipinski definition) is 0. The summed E-state index contributed by atoms with van der Waals surface area (Å²) in [6.45, 7) is 1.77. The number of aryl methyl sites for hydroxylation is 1. The number of pyridine rings is 1. The predicted molar refractivity (Wildman–Crippen MR) is 80.5 cm³/mol. The highest BCUT2D eigenvalue weighted by molar-refractivity contribution is 7.13. The van der Waals surface area contributed by atoms with Crippen LogP contribution in [0.5, 0.6) is 0 Å². The largest absolute Gasteiger partial charge is 0.434 e. The fraction of sp³-hybridized carbons (Fsp3) is 0.125. The van der Waals surface area contributed by atoms with Gasteiger partial charge in [-0.05, 0) is 24.1 Å². The second-order valence-corrected chi connectivity index (χ2v) is 5.58. The minimum atomic E-state index is -4.43. The van der Waals surface area contributed by atoms with Crippen LogP contribution < -0.4 is 0 Å². The fourth-order valence-corrected chi connectivity index (χ4v) is 3.15. The summed E-state index contributed by atoms with van der Waals surface area (Å²) >= 11 is 0.981. The van der Waals surface area contributed by atoms with Crippen LogP contribution in [0.15, 0.2) is 48.0 Å². The van der Waals surface area contributed by atoms with Gasteiger partial charge in [-0.1, -0.05) is 30.3 Å². The van der Waals surface area contributed by atoms with Gasteiger partial charge in [0.25, 0.3) is 0 Å². The van der Waals surface area contributed by atoms with Crippen molar-refractivity contribution in [1.82, 2.24) is 9.97 Å². The van der Waals surface area contributed by atoms with Crippen molar-refractivity contribution in [2.75, 3.05) is 0 Å². The van der Waals surface area contributed by atoms with Crippen LogP contribution >= 0.6 is 11.3 Å². The van der Waals surface area contributed by atoms with Crippen LogP contribution in [-0.2, 0) is 6.18 Å². The number of benzene rings is 1. The Labute approximate surface area is 129 Å². The zero-order valence-electron chi connectivity index (χ0n) is 11.6. The van der Waals surface area contributed by atoms with Crippen molar-refractivity contribution >= 4 is 11.3 Å². The van der Waals surface area contributed by atoms with Crippen molar-refractivity contribution < 1.29 is 13.2 Å². The van der Waals surface area contributed by atoms with Crippen molar-refractivity contribution in [2.45, 2.75) is 13.1 Å². The first-order valence-corrected chi connectivity index (χ1v) is 7.39. The lowest BCUT2D eigenvalue weighted by Crippen LogP contribution is -2.05. The van der Waals surface area contributed by atoms with E-state index in [-0.39, 0.29) is 0 Å². The normalized spacial score (nSPS) is 11.6. The number of thiazole rings is 1. The molecule has 0 bridgehead atoms. The van der Waals surface area contributed by atoms with Crippen LogP contribution in [0.2, 0.25) is 0 Å². The molecule has 0 radical (unpaired) electrons. The van der Waals surface area contributed by atoms with E-state index in [9.17, 15) is 13.2 Å². The number of alkyl halides is 3. The van der Waals surface area contributed by atoms with Crippen LogP contribution in [0.1, 0.15) is 11.4 Å². The van der Waals surface area contributed by atoms with E-state index in [0.29, 0.717) is 16.3 Å². The van der Waals surface area contributed by atoms with Crippen molar-refractivity contribution in [2.24, 2.45) is 0 Å². The van der Waals surface area contributed by atoms with Gasteiger partial charge in [-0.25, -0.2) is 4.98 Å². The van der Waals surface area contributed by atoms with Crippen molar-refractivity contribution in [3.05, 3.63) is 59.4 Å². The molecule has 6 heteroatoms. The van der Waals surface area contributed by atoms with E-state index >= 15 is 0 Å². The van der Waals surface area contributed by atoms with Gasteiger partial charge in [-0.3, -0.25) is 4.98 Å². The molecule has 0 aliphatic heterocycles. The van der Waals surface area contributed by atoms with Gasteiger partial charge < -0.3 is 0 Å². The van der Waals surface area contributed by atoms with Gasteiger partial charge in [0.15, 0.2) is 5.69 Å². The molecule has 0 atom stereocenters. The van der Waals surface area contributed by atoms with Crippen molar-refractivity contribution in [1.29, 1.82) is 0 Å². The second-order valence-electron chi connectivity index (χ2n) is 4.72. The highest BCUT2D eigenvalue weighted by Crippen LogP contribution is 2.38. The Morgan fingerprint density at radius 2 is 1.77 bits per heavy atom. The predicted octanol–water partition coefficient (Wildman–Crippen LogP) is 5.20. The van der Waals surface area contributed by atoms with E-state index in [4.69, 9.17) is 0 Å². The number of rotatable bonds is 2. The Morgan fingerprint density at radius 1 is 1.05 bits per heavy atom. The lowest BCUT2D eigenvalue weighted by atomic mass is 10.00. The summed E-state index contributed by atoms with van der Waals surface area (Å²) in [6, 6.07) is 11.3. The van der Waals surface area contributed by atoms with Gasteiger partial charge in [-0.15, -0.1) is 11.3 Å². The van der Waals surface area contributed by atoms with E-state index in [1.54, 1.807) is 19.2 Å². The Hall–Kier alpha value is -2.21. The molecule has 0 spiro atoms. The number of aromatic nitrogens is 2. The average Bonchev–Trinajstić information content (AvgIpc) is 2.97. The summed E-state index contributed by atoms with van der Waals surface area (Å²) < 4.78 is 38.3. The third-order valence-electron chi connectivity index (χ3n) is 3.23. The Balaban J connectivity index is 2.17. The standard InChI is InChI=1S/C16H11F3N2S/c1-10-14(15-21-13(9-22-15)16(17,18)19)12(7-8-20-10)11-5-3-2-4-6-11/h2-9H,1H3. The van der Waals surface area contributed by atoms with Gasteiger partial charge in [0.1, 0.15) is 5.01 Å². The van der Waals surface area contributed by atoms with E-state index in [2.05, 4.69) is 9.97 Å². The third kappa shape index (κ3) is 2.74. The fourth-order valence-electron chi connectivity index (χ4n) is 2.21. The van der Waals surface area contributed by atoms with Gasteiger partial charge in [-0.2, -0.15) is 13.2 Å². The highest BCUT2D eigenvalue weighted by atomic mass is 32.1. The molecule has 0 aliphatic carbocycles. The molecule has 2 nitrogen and oxygen atoms in total. The monoisotopic (exact) mass is 320 g/mol. The average molecular weight is 320 g/mol. The molecule has 3 aromatic rings. The smallest absolute Gasteiger partial charge is 0.261 e. The molecular formula is C16H11F3N2S. The summed E-state index contributed by atoms with van der Waals surface area (Å²) in [5.74, 6) is 0. The summed E-state index contributed by atoms with van der Waals surface area (Å²) in [5, 5.41) is 1.37. The summed E-state index contributed by atoms with van der Waals surface area (Å²) in [6.07, 6.45) is -2.78. The zero-order valence-corrected chi connectivity index (χ0v) is 12.4. The molecule has 0 amide bonds. The molecule has 2 heterocycles. The van der Waals surface area contributed by atoms with Gasteiger partial charge >= 0.3 is 6.18 Å². The van der Waals surface area contributed by atoms with Gasteiger partial charge in [0.05, 0.1) is 0 Å². The molecule has 0 saturated heterocycles. The van der Waals surface area contributed by atoms with Gasteiger partial charge in [0.2, 0.25) is 0 Å². The van der Waals surface area contributed by atoms with Crippen LogP contribution in [0, 0.1) is 6.92 Å². The first-order valence-electron chi connectivity index (χ1n) is 6.51. The number of nitrogens with zero attached hydrogens (tertiary/aromatic N) is 2.